The molecular formula is C21H34N2O2. The van der Waals surface area contributed by atoms with Gasteiger partial charge in [0.05, 0.1) is 12.5 Å². The highest BCUT2D eigenvalue weighted by molar-refractivity contribution is 5.80. The summed E-state index contributed by atoms with van der Waals surface area (Å²) in [5.74, 6) is 1.02. The van der Waals surface area contributed by atoms with Gasteiger partial charge in [0.1, 0.15) is 5.75 Å². The van der Waals surface area contributed by atoms with Crippen molar-refractivity contribution in [2.75, 3.05) is 0 Å². The van der Waals surface area contributed by atoms with E-state index in [1.165, 1.54) is 0 Å². The zero-order chi connectivity index (χ0) is 18.4. The Balaban J connectivity index is 2.09. The van der Waals surface area contributed by atoms with Gasteiger partial charge in [-0.3, -0.25) is 4.79 Å². The number of ether oxygens (including phenoxy) is 1. The van der Waals surface area contributed by atoms with Crippen LogP contribution in [0.1, 0.15) is 65.4 Å². The van der Waals surface area contributed by atoms with E-state index < -0.39 is 0 Å². The minimum atomic E-state index is 0.173. The van der Waals surface area contributed by atoms with Crippen LogP contribution < -0.4 is 10.5 Å². The largest absolute Gasteiger partial charge is 0.490 e. The van der Waals surface area contributed by atoms with Gasteiger partial charge in [-0.05, 0) is 45.6 Å². The van der Waals surface area contributed by atoms with E-state index in [9.17, 15) is 4.79 Å². The maximum absolute atomic E-state index is 13.0. The summed E-state index contributed by atoms with van der Waals surface area (Å²) in [7, 11) is 0. The number of amides is 1. The molecule has 1 amide bonds. The Labute approximate surface area is 152 Å². The van der Waals surface area contributed by atoms with Gasteiger partial charge >= 0.3 is 0 Å². The molecule has 1 aromatic carbocycles. The second kappa shape index (κ2) is 9.23. The number of nitrogens with two attached hydrogens (primary N) is 1. The molecule has 0 radical (unpaired) electrons. The zero-order valence-electron chi connectivity index (χ0n) is 16.2. The Morgan fingerprint density at radius 3 is 2.52 bits per heavy atom. The van der Waals surface area contributed by atoms with E-state index in [1.54, 1.807) is 0 Å². The molecule has 0 aromatic heterocycles. The quantitative estimate of drug-likeness (QED) is 0.737. The van der Waals surface area contributed by atoms with Crippen molar-refractivity contribution in [1.29, 1.82) is 0 Å². The fourth-order valence-electron chi connectivity index (χ4n) is 3.64. The highest BCUT2D eigenvalue weighted by Crippen LogP contribution is 2.28. The van der Waals surface area contributed by atoms with E-state index >= 15 is 0 Å². The van der Waals surface area contributed by atoms with Crippen molar-refractivity contribution >= 4 is 5.91 Å². The molecule has 0 heterocycles. The van der Waals surface area contributed by atoms with Crippen LogP contribution in [0.3, 0.4) is 0 Å². The second-order valence-electron chi connectivity index (χ2n) is 7.50. The fraction of sp³-hybridized carbons (Fsp3) is 0.667. The minimum Gasteiger partial charge on any atom is -0.490 e. The number of benzene rings is 1. The molecule has 1 aromatic rings. The van der Waals surface area contributed by atoms with Crippen LogP contribution in [0.15, 0.2) is 24.3 Å². The first-order chi connectivity index (χ1) is 12.0. The van der Waals surface area contributed by atoms with Crippen molar-refractivity contribution in [2.24, 2.45) is 5.73 Å². The number of hydrogen-bond acceptors (Lipinski definition) is 3. The van der Waals surface area contributed by atoms with Crippen LogP contribution in [-0.2, 0) is 11.2 Å². The van der Waals surface area contributed by atoms with Gasteiger partial charge in [-0.15, -0.1) is 0 Å². The summed E-state index contributed by atoms with van der Waals surface area (Å²) in [5.41, 5.74) is 6.91. The third-order valence-electron chi connectivity index (χ3n) is 5.06. The molecule has 1 fully saturated rings. The van der Waals surface area contributed by atoms with Crippen LogP contribution in [0.5, 0.6) is 5.75 Å². The van der Waals surface area contributed by atoms with Crippen molar-refractivity contribution in [1.82, 2.24) is 4.90 Å². The number of para-hydroxylation sites is 1. The number of nitrogens with zero attached hydrogens (tertiary/aromatic N) is 1. The van der Waals surface area contributed by atoms with Crippen LogP contribution in [0, 0.1) is 0 Å². The van der Waals surface area contributed by atoms with Crippen LogP contribution in [0.4, 0.5) is 0 Å². The molecule has 4 heteroatoms. The van der Waals surface area contributed by atoms with Gasteiger partial charge in [-0.2, -0.15) is 0 Å². The molecule has 2 rings (SSSR count). The van der Waals surface area contributed by atoms with E-state index in [2.05, 4.69) is 27.7 Å². The maximum atomic E-state index is 13.0. The molecule has 25 heavy (non-hydrogen) atoms. The zero-order valence-corrected chi connectivity index (χ0v) is 16.2. The summed E-state index contributed by atoms with van der Waals surface area (Å²) in [5, 5.41) is 0. The molecule has 0 spiro atoms. The minimum absolute atomic E-state index is 0.173. The molecule has 2 N–H and O–H groups in total. The molecule has 0 bridgehead atoms. The van der Waals surface area contributed by atoms with Gasteiger partial charge in [0.15, 0.2) is 0 Å². The van der Waals surface area contributed by atoms with Crippen molar-refractivity contribution in [2.45, 2.75) is 90.4 Å². The molecular weight excluding hydrogens is 312 g/mol. The summed E-state index contributed by atoms with van der Waals surface area (Å²) in [6.45, 7) is 8.48. The Morgan fingerprint density at radius 1 is 1.28 bits per heavy atom. The van der Waals surface area contributed by atoms with E-state index in [-0.39, 0.29) is 24.1 Å². The standard InChI is InChI=1S/C21H34N2O2/c1-5-9-19(6-2)25-20-11-8-7-10-16(20)12-21(24)23(15(3)4)18-13-17(22)14-18/h7-8,10-11,15,17-19H,5-6,9,12-14,22H2,1-4H3. The Hall–Kier alpha value is -1.55. The van der Waals surface area contributed by atoms with Gasteiger partial charge in [0, 0.05) is 23.7 Å². The van der Waals surface area contributed by atoms with Crippen LogP contribution in [0.25, 0.3) is 0 Å². The molecule has 1 aliphatic carbocycles. The first-order valence-corrected chi connectivity index (χ1v) is 9.77. The topological polar surface area (TPSA) is 55.6 Å². The summed E-state index contributed by atoms with van der Waals surface area (Å²) in [6.07, 6.45) is 5.55. The van der Waals surface area contributed by atoms with Crippen LogP contribution >= 0.6 is 0 Å². The molecule has 0 aliphatic heterocycles. The second-order valence-corrected chi connectivity index (χ2v) is 7.50. The Bertz CT molecular complexity index is 553. The SMILES string of the molecule is CCCC(CC)Oc1ccccc1CC(=O)N(C(C)C)C1CC(N)C1. The van der Waals surface area contributed by atoms with Crippen molar-refractivity contribution in [3.05, 3.63) is 29.8 Å². The summed E-state index contributed by atoms with van der Waals surface area (Å²) >= 11 is 0. The summed E-state index contributed by atoms with van der Waals surface area (Å²) in [6, 6.07) is 8.69. The van der Waals surface area contributed by atoms with E-state index in [0.717, 1.165) is 43.4 Å². The summed E-state index contributed by atoms with van der Waals surface area (Å²) < 4.78 is 6.20. The molecule has 1 unspecified atom stereocenters. The monoisotopic (exact) mass is 346 g/mol. The maximum Gasteiger partial charge on any atom is 0.227 e. The molecule has 1 atom stereocenters. The first-order valence-electron chi connectivity index (χ1n) is 9.77. The Kier molecular flexibility index (Phi) is 7.30. The highest BCUT2D eigenvalue weighted by Gasteiger charge is 2.35. The Morgan fingerprint density at radius 2 is 1.96 bits per heavy atom. The molecule has 4 nitrogen and oxygen atoms in total. The fourth-order valence-corrected chi connectivity index (χ4v) is 3.64. The number of rotatable bonds is 9. The van der Waals surface area contributed by atoms with Crippen LogP contribution in [0.2, 0.25) is 0 Å². The van der Waals surface area contributed by atoms with E-state index in [1.807, 2.05) is 29.2 Å². The molecule has 1 saturated carbocycles. The van der Waals surface area contributed by atoms with Crippen molar-refractivity contribution in [3.8, 4) is 5.75 Å². The molecule has 140 valence electrons. The average molecular weight is 347 g/mol. The first kappa shape index (κ1) is 19.8. The van der Waals surface area contributed by atoms with Crippen LogP contribution in [-0.4, -0.2) is 35.0 Å². The third-order valence-corrected chi connectivity index (χ3v) is 5.06. The predicted octanol–water partition coefficient (Wildman–Crippen LogP) is 3.91. The number of carbonyl (C=O) groups excluding carboxylic acids is 1. The highest BCUT2D eigenvalue weighted by atomic mass is 16.5. The lowest BCUT2D eigenvalue weighted by Crippen LogP contribution is -2.55. The lowest BCUT2D eigenvalue weighted by atomic mass is 9.85. The van der Waals surface area contributed by atoms with E-state index in [4.69, 9.17) is 10.5 Å². The molecule has 0 saturated heterocycles. The predicted molar refractivity (Wildman–Crippen MR) is 103 cm³/mol. The van der Waals surface area contributed by atoms with Gasteiger partial charge < -0.3 is 15.4 Å². The third kappa shape index (κ3) is 5.21. The normalized spacial score (nSPS) is 20.9. The van der Waals surface area contributed by atoms with Gasteiger partial charge in [-0.1, -0.05) is 38.5 Å². The smallest absolute Gasteiger partial charge is 0.227 e. The lowest BCUT2D eigenvalue weighted by molar-refractivity contribution is -0.137. The van der Waals surface area contributed by atoms with Crippen molar-refractivity contribution in [3.63, 3.8) is 0 Å². The van der Waals surface area contributed by atoms with Crippen molar-refractivity contribution < 1.29 is 9.53 Å². The lowest BCUT2D eigenvalue weighted by Gasteiger charge is -2.43. The number of hydrogen-bond donors (Lipinski definition) is 1. The van der Waals surface area contributed by atoms with Gasteiger partial charge in [0.2, 0.25) is 5.91 Å². The van der Waals surface area contributed by atoms with Gasteiger partial charge in [0.25, 0.3) is 0 Å². The van der Waals surface area contributed by atoms with Gasteiger partial charge in [-0.25, -0.2) is 0 Å². The van der Waals surface area contributed by atoms with E-state index in [0.29, 0.717) is 12.5 Å². The number of carbonyl (C=O) groups is 1. The average Bonchev–Trinajstić information content (AvgIpc) is 2.54. The summed E-state index contributed by atoms with van der Waals surface area (Å²) in [4.78, 5) is 15.0. The molecule has 1 aliphatic rings.